The van der Waals surface area contributed by atoms with E-state index in [1.165, 1.54) is 0 Å². The fourth-order valence-corrected chi connectivity index (χ4v) is 2.76. The lowest BCUT2D eigenvalue weighted by Crippen LogP contribution is -2.24. The predicted octanol–water partition coefficient (Wildman–Crippen LogP) is 2.65. The summed E-state index contributed by atoms with van der Waals surface area (Å²) < 4.78 is 7.87. The Kier molecular flexibility index (Phi) is 5.54. The first-order chi connectivity index (χ1) is 9.69. The number of methoxy groups -OCH3 is 1. The number of hydrogen-bond acceptors (Lipinski definition) is 4. The van der Waals surface area contributed by atoms with E-state index in [0.29, 0.717) is 18.2 Å². The van der Waals surface area contributed by atoms with Gasteiger partial charge in [-0.2, -0.15) is 5.10 Å². The molecule has 7 heteroatoms. The summed E-state index contributed by atoms with van der Waals surface area (Å²) in [5.74, 6) is 0. The molecule has 0 fully saturated rings. The van der Waals surface area contributed by atoms with Gasteiger partial charge in [0.05, 0.1) is 41.8 Å². The Labute approximate surface area is 131 Å². The highest BCUT2D eigenvalue weighted by Gasteiger charge is 2.23. The summed E-state index contributed by atoms with van der Waals surface area (Å²) in [6.45, 7) is 1.21. The van der Waals surface area contributed by atoms with Gasteiger partial charge in [0, 0.05) is 17.8 Å². The fraction of sp³-hybridized carbons (Fsp3) is 0.385. The van der Waals surface area contributed by atoms with Gasteiger partial charge in [-0.05, 0) is 35.1 Å². The van der Waals surface area contributed by atoms with Crippen LogP contribution in [0.4, 0.5) is 0 Å². The predicted molar refractivity (Wildman–Crippen MR) is 82.0 cm³/mol. The molecule has 0 aliphatic carbocycles. The molecule has 1 atom stereocenters. The number of nitrogens with one attached hydrogen (secondary N) is 1. The lowest BCUT2D eigenvalue weighted by molar-refractivity contribution is 0.182. The highest BCUT2D eigenvalue weighted by molar-refractivity contribution is 9.10. The molecule has 0 amide bonds. The molecule has 20 heavy (non-hydrogen) atoms. The summed E-state index contributed by atoms with van der Waals surface area (Å²) in [4.78, 5) is 4.43. The SMILES string of the molecule is CNC(c1ncccc1Br)c1c(Cl)cnn1CCOC. The van der Waals surface area contributed by atoms with Crippen molar-refractivity contribution in [1.29, 1.82) is 0 Å². The second-order valence-corrected chi connectivity index (χ2v) is 5.45. The van der Waals surface area contributed by atoms with Crippen LogP contribution in [0.3, 0.4) is 0 Å². The molecule has 2 aromatic heterocycles. The average molecular weight is 360 g/mol. The Morgan fingerprint density at radius 3 is 3.00 bits per heavy atom. The molecule has 1 unspecified atom stereocenters. The summed E-state index contributed by atoms with van der Waals surface area (Å²) in [5, 5.41) is 8.15. The van der Waals surface area contributed by atoms with Crippen molar-refractivity contribution < 1.29 is 4.74 Å². The van der Waals surface area contributed by atoms with Crippen molar-refractivity contribution in [3.05, 3.63) is 45.4 Å². The zero-order chi connectivity index (χ0) is 14.5. The number of nitrogens with zero attached hydrogens (tertiary/aromatic N) is 3. The standard InChI is InChI=1S/C13H16BrClN4O/c1-16-12(11-9(14)4-3-5-17-11)13-10(15)8-18-19(13)6-7-20-2/h3-5,8,12,16H,6-7H2,1-2H3. The Balaban J connectivity index is 2.42. The van der Waals surface area contributed by atoms with Crippen LogP contribution in [0.2, 0.25) is 5.02 Å². The van der Waals surface area contributed by atoms with Crippen LogP contribution in [0.15, 0.2) is 29.0 Å². The van der Waals surface area contributed by atoms with Gasteiger partial charge in [0.25, 0.3) is 0 Å². The van der Waals surface area contributed by atoms with Crippen LogP contribution >= 0.6 is 27.5 Å². The Hall–Kier alpha value is -0.950. The van der Waals surface area contributed by atoms with Gasteiger partial charge in [-0.25, -0.2) is 0 Å². The van der Waals surface area contributed by atoms with E-state index in [2.05, 4.69) is 31.3 Å². The minimum absolute atomic E-state index is 0.141. The third kappa shape index (κ3) is 3.20. The molecule has 0 aliphatic heterocycles. The molecular formula is C13H16BrClN4O. The van der Waals surface area contributed by atoms with Crippen LogP contribution < -0.4 is 5.32 Å². The van der Waals surface area contributed by atoms with E-state index in [1.54, 1.807) is 19.5 Å². The van der Waals surface area contributed by atoms with Gasteiger partial charge >= 0.3 is 0 Å². The summed E-state index contributed by atoms with van der Waals surface area (Å²) >= 11 is 9.82. The van der Waals surface area contributed by atoms with Crippen molar-refractivity contribution in [2.24, 2.45) is 0 Å². The van der Waals surface area contributed by atoms with E-state index in [-0.39, 0.29) is 6.04 Å². The van der Waals surface area contributed by atoms with Gasteiger partial charge in [0.1, 0.15) is 0 Å². The van der Waals surface area contributed by atoms with E-state index >= 15 is 0 Å². The first-order valence-electron chi connectivity index (χ1n) is 6.16. The lowest BCUT2D eigenvalue weighted by atomic mass is 10.1. The van der Waals surface area contributed by atoms with Crippen LogP contribution in [-0.2, 0) is 11.3 Å². The molecule has 0 saturated heterocycles. The minimum Gasteiger partial charge on any atom is -0.383 e. The molecule has 1 N–H and O–H groups in total. The van der Waals surface area contributed by atoms with Crippen molar-refractivity contribution >= 4 is 27.5 Å². The molecule has 2 rings (SSSR count). The van der Waals surface area contributed by atoms with Crippen molar-refractivity contribution in [2.45, 2.75) is 12.6 Å². The normalized spacial score (nSPS) is 12.6. The maximum Gasteiger partial charge on any atom is 0.0946 e. The molecule has 2 aromatic rings. The number of halogens is 2. The summed E-state index contributed by atoms with van der Waals surface area (Å²) in [6, 6.07) is 3.69. The number of rotatable bonds is 6. The molecule has 0 radical (unpaired) electrons. The zero-order valence-corrected chi connectivity index (χ0v) is 13.6. The Bertz CT molecular complexity index is 575. The van der Waals surface area contributed by atoms with Gasteiger partial charge in [-0.3, -0.25) is 9.67 Å². The number of ether oxygens (including phenoxy) is 1. The lowest BCUT2D eigenvalue weighted by Gasteiger charge is -2.19. The summed E-state index contributed by atoms with van der Waals surface area (Å²) in [6.07, 6.45) is 3.40. The Morgan fingerprint density at radius 1 is 1.55 bits per heavy atom. The van der Waals surface area contributed by atoms with Gasteiger partial charge in [0.15, 0.2) is 0 Å². The topological polar surface area (TPSA) is 52.0 Å². The third-order valence-electron chi connectivity index (χ3n) is 2.96. The van der Waals surface area contributed by atoms with E-state index < -0.39 is 0 Å². The Morgan fingerprint density at radius 2 is 2.35 bits per heavy atom. The van der Waals surface area contributed by atoms with Gasteiger partial charge in [-0.1, -0.05) is 11.6 Å². The van der Waals surface area contributed by atoms with Crippen LogP contribution in [0.1, 0.15) is 17.4 Å². The van der Waals surface area contributed by atoms with Crippen molar-refractivity contribution in [2.75, 3.05) is 20.8 Å². The van der Waals surface area contributed by atoms with Crippen LogP contribution in [0.25, 0.3) is 0 Å². The molecule has 0 bridgehead atoms. The molecule has 0 aliphatic rings. The molecule has 0 saturated carbocycles. The van der Waals surface area contributed by atoms with Crippen molar-refractivity contribution in [3.8, 4) is 0 Å². The smallest absolute Gasteiger partial charge is 0.0946 e. The average Bonchev–Trinajstić information content (AvgIpc) is 2.81. The number of aromatic nitrogens is 3. The van der Waals surface area contributed by atoms with Gasteiger partial charge in [-0.15, -0.1) is 0 Å². The quantitative estimate of drug-likeness (QED) is 0.861. The fourth-order valence-electron chi connectivity index (χ4n) is 2.03. The van der Waals surface area contributed by atoms with E-state index in [0.717, 1.165) is 15.9 Å². The molecule has 2 heterocycles. The molecular weight excluding hydrogens is 344 g/mol. The molecule has 0 aromatic carbocycles. The van der Waals surface area contributed by atoms with Crippen LogP contribution in [0, 0.1) is 0 Å². The monoisotopic (exact) mass is 358 g/mol. The van der Waals surface area contributed by atoms with Crippen molar-refractivity contribution in [3.63, 3.8) is 0 Å². The van der Waals surface area contributed by atoms with Crippen LogP contribution in [0.5, 0.6) is 0 Å². The van der Waals surface area contributed by atoms with E-state index in [4.69, 9.17) is 16.3 Å². The second-order valence-electron chi connectivity index (χ2n) is 4.19. The van der Waals surface area contributed by atoms with Crippen LogP contribution in [-0.4, -0.2) is 35.5 Å². The number of hydrogen-bond donors (Lipinski definition) is 1. The van der Waals surface area contributed by atoms with Gasteiger partial charge in [0.2, 0.25) is 0 Å². The third-order valence-corrected chi connectivity index (χ3v) is 3.92. The van der Waals surface area contributed by atoms with E-state index in [9.17, 15) is 0 Å². The molecule has 0 spiro atoms. The van der Waals surface area contributed by atoms with E-state index in [1.807, 2.05) is 23.9 Å². The second kappa shape index (κ2) is 7.17. The molecule has 108 valence electrons. The minimum atomic E-state index is -0.141. The number of pyridine rings is 1. The highest BCUT2D eigenvalue weighted by atomic mass is 79.9. The summed E-state index contributed by atoms with van der Waals surface area (Å²) in [7, 11) is 3.53. The zero-order valence-electron chi connectivity index (χ0n) is 11.3. The van der Waals surface area contributed by atoms with Gasteiger partial charge < -0.3 is 10.1 Å². The molecule has 5 nitrogen and oxygen atoms in total. The largest absolute Gasteiger partial charge is 0.383 e. The maximum absolute atomic E-state index is 6.29. The maximum atomic E-state index is 6.29. The van der Waals surface area contributed by atoms with Crippen molar-refractivity contribution in [1.82, 2.24) is 20.1 Å². The highest BCUT2D eigenvalue weighted by Crippen LogP contribution is 2.30. The first kappa shape index (κ1) is 15.4. The summed E-state index contributed by atoms with van der Waals surface area (Å²) in [5.41, 5.74) is 1.75. The first-order valence-corrected chi connectivity index (χ1v) is 7.34.